The quantitative estimate of drug-likeness (QED) is 0.449. The van der Waals surface area contributed by atoms with Crippen molar-refractivity contribution in [3.05, 3.63) is 57.9 Å². The third-order valence-electron chi connectivity index (χ3n) is 6.97. The third-order valence-corrected chi connectivity index (χ3v) is 7.46. The number of rotatable bonds is 7. The van der Waals surface area contributed by atoms with Crippen LogP contribution in [0, 0.1) is 34.4 Å². The highest BCUT2D eigenvalue weighted by Crippen LogP contribution is 2.52. The Hall–Kier alpha value is -2.11. The first-order valence-electron chi connectivity index (χ1n) is 12.2. The lowest BCUT2D eigenvalue weighted by Crippen LogP contribution is -2.53. The molecule has 1 aliphatic carbocycles. The first kappa shape index (κ1) is 28.5. The molecule has 0 aromatic heterocycles. The average Bonchev–Trinajstić information content (AvgIpc) is 3.12. The van der Waals surface area contributed by atoms with Crippen molar-refractivity contribution in [3.63, 3.8) is 0 Å². The zero-order valence-electron chi connectivity index (χ0n) is 20.8. The van der Waals surface area contributed by atoms with E-state index < -0.39 is 36.0 Å². The van der Waals surface area contributed by atoms with Crippen molar-refractivity contribution in [1.82, 2.24) is 10.2 Å². The number of carbonyl (C=O) groups is 1. The van der Waals surface area contributed by atoms with Gasteiger partial charge in [0.1, 0.15) is 11.2 Å². The number of urea groups is 1. The fraction of sp³-hybridized carbons (Fsp3) is 0.556. The molecule has 1 saturated heterocycles. The Kier molecular flexibility index (Phi) is 9.11. The molecule has 1 aliphatic heterocycles. The molecule has 1 heterocycles. The maximum absolute atomic E-state index is 15.6. The summed E-state index contributed by atoms with van der Waals surface area (Å²) >= 11 is 12.4. The molecule has 0 bridgehead atoms. The molecule has 9 heteroatoms. The Labute approximate surface area is 222 Å². The van der Waals surface area contributed by atoms with Crippen molar-refractivity contribution < 1.29 is 19.4 Å². The average molecular weight is 538 g/mol. The lowest BCUT2D eigenvalue weighted by Gasteiger charge is -2.41. The van der Waals surface area contributed by atoms with Crippen LogP contribution in [0.1, 0.15) is 45.6 Å². The standard InChI is InChI=1S/C27H34Cl2FN3O3/c1-26(2,3)13-18-14-33(25(36)32-10-9-21(35)15-34)24(17-5-4-6-19(28)11-17)27(18,16-31)22-8-7-20(29)12-23(22)30/h4,6-8,11-12,17-18,21,24,34-35H,5,9-10,13-15H2,1-3H3,(H,32,36)/t17?,18-,21?,24-,27-/m1/s1. The lowest BCUT2D eigenvalue weighted by molar-refractivity contribution is 0.0880. The number of nitrogens with zero attached hydrogens (tertiary/aromatic N) is 2. The van der Waals surface area contributed by atoms with Crippen molar-refractivity contribution in [2.45, 2.75) is 57.6 Å². The molecule has 1 aromatic rings. The Morgan fingerprint density at radius 2 is 2.11 bits per heavy atom. The van der Waals surface area contributed by atoms with Gasteiger partial charge in [-0.05, 0) is 42.9 Å². The molecule has 0 saturated carbocycles. The topological polar surface area (TPSA) is 96.6 Å². The normalized spacial score (nSPS) is 26.9. The predicted molar refractivity (Wildman–Crippen MR) is 139 cm³/mol. The van der Waals surface area contributed by atoms with E-state index in [4.69, 9.17) is 28.3 Å². The minimum absolute atomic E-state index is 0.143. The fourth-order valence-electron chi connectivity index (χ4n) is 5.57. The number of likely N-dealkylation sites (tertiary alicyclic amines) is 1. The minimum atomic E-state index is -1.35. The monoisotopic (exact) mass is 537 g/mol. The molecule has 3 N–H and O–H groups in total. The maximum atomic E-state index is 15.6. The van der Waals surface area contributed by atoms with E-state index in [0.717, 1.165) is 0 Å². The molecule has 196 valence electrons. The smallest absolute Gasteiger partial charge is 0.317 e. The summed E-state index contributed by atoms with van der Waals surface area (Å²) in [5.41, 5.74) is -1.33. The number of aliphatic hydroxyl groups excluding tert-OH is 2. The zero-order valence-corrected chi connectivity index (χ0v) is 22.4. The highest BCUT2D eigenvalue weighted by molar-refractivity contribution is 6.31. The number of carbonyl (C=O) groups excluding carboxylic acids is 1. The molecule has 2 unspecified atom stereocenters. The molecule has 1 aromatic carbocycles. The summed E-state index contributed by atoms with van der Waals surface area (Å²) in [6.45, 7) is 6.16. The number of nitriles is 1. The molecule has 5 atom stereocenters. The largest absolute Gasteiger partial charge is 0.394 e. The van der Waals surface area contributed by atoms with E-state index in [1.54, 1.807) is 23.1 Å². The van der Waals surface area contributed by atoms with Gasteiger partial charge in [-0.2, -0.15) is 5.26 Å². The second kappa shape index (κ2) is 11.5. The van der Waals surface area contributed by atoms with Crippen molar-refractivity contribution in [3.8, 4) is 6.07 Å². The SMILES string of the molecule is CC(C)(C)C[C@@H]1CN(C(=O)NCCC(O)CO)[C@H](C2C=C(Cl)C=CC2)[C@@]1(C#N)c1ccc(Cl)cc1F. The van der Waals surface area contributed by atoms with Gasteiger partial charge in [0, 0.05) is 40.5 Å². The molecular weight excluding hydrogens is 504 g/mol. The highest BCUT2D eigenvalue weighted by atomic mass is 35.5. The molecule has 0 spiro atoms. The van der Waals surface area contributed by atoms with Crippen LogP contribution in [-0.2, 0) is 5.41 Å². The lowest BCUT2D eigenvalue weighted by atomic mass is 9.62. The second-order valence-electron chi connectivity index (χ2n) is 10.9. The molecule has 2 amide bonds. The predicted octanol–water partition coefficient (Wildman–Crippen LogP) is 5.13. The third kappa shape index (κ3) is 6.06. The molecule has 6 nitrogen and oxygen atoms in total. The van der Waals surface area contributed by atoms with E-state index in [2.05, 4.69) is 32.2 Å². The summed E-state index contributed by atoms with van der Waals surface area (Å²) in [7, 11) is 0. The van der Waals surface area contributed by atoms with Crippen molar-refractivity contribution in [1.29, 1.82) is 5.26 Å². The number of amides is 2. The molecule has 1 fully saturated rings. The van der Waals surface area contributed by atoms with Gasteiger partial charge >= 0.3 is 6.03 Å². The van der Waals surface area contributed by atoms with Gasteiger partial charge in [0.15, 0.2) is 0 Å². The van der Waals surface area contributed by atoms with Gasteiger partial charge in [-0.15, -0.1) is 0 Å². The van der Waals surface area contributed by atoms with Gasteiger partial charge < -0.3 is 20.4 Å². The summed E-state index contributed by atoms with van der Waals surface area (Å²) in [6.07, 6.45) is 5.86. The van der Waals surface area contributed by atoms with Crippen LogP contribution in [0.3, 0.4) is 0 Å². The number of hydrogen-bond donors (Lipinski definition) is 3. The number of nitrogens with one attached hydrogen (secondary N) is 1. The van der Waals surface area contributed by atoms with Crippen LogP contribution in [0.15, 0.2) is 41.5 Å². The van der Waals surface area contributed by atoms with Gasteiger partial charge in [0.2, 0.25) is 0 Å². The number of hydrogen-bond acceptors (Lipinski definition) is 4. The maximum Gasteiger partial charge on any atom is 0.317 e. The number of halogens is 3. The van der Waals surface area contributed by atoms with E-state index in [0.29, 0.717) is 17.9 Å². The summed E-state index contributed by atoms with van der Waals surface area (Å²) in [5, 5.41) is 33.1. The first-order valence-corrected chi connectivity index (χ1v) is 12.9. The highest BCUT2D eigenvalue weighted by Gasteiger charge is 2.60. The van der Waals surface area contributed by atoms with Crippen LogP contribution in [0.4, 0.5) is 9.18 Å². The summed E-state index contributed by atoms with van der Waals surface area (Å²) in [5.74, 6) is -1.27. The fourth-order valence-corrected chi connectivity index (χ4v) is 5.98. The molecule has 2 aliphatic rings. The van der Waals surface area contributed by atoms with Crippen LogP contribution >= 0.6 is 23.2 Å². The summed E-state index contributed by atoms with van der Waals surface area (Å²) in [4.78, 5) is 15.1. The van der Waals surface area contributed by atoms with Gasteiger partial charge in [-0.1, -0.05) is 62.2 Å². The van der Waals surface area contributed by atoms with E-state index in [-0.39, 0.29) is 47.3 Å². The van der Waals surface area contributed by atoms with Crippen molar-refractivity contribution in [2.75, 3.05) is 19.7 Å². The van der Waals surface area contributed by atoms with E-state index >= 15 is 4.39 Å². The Morgan fingerprint density at radius 3 is 2.69 bits per heavy atom. The Balaban J connectivity index is 2.14. The molecular formula is C27H34Cl2FN3O3. The number of benzene rings is 1. The van der Waals surface area contributed by atoms with Crippen LogP contribution in [0.2, 0.25) is 5.02 Å². The summed E-state index contributed by atoms with van der Waals surface area (Å²) in [6, 6.07) is 5.72. The zero-order chi connectivity index (χ0) is 26.7. The van der Waals surface area contributed by atoms with Crippen LogP contribution in [-0.4, -0.2) is 53.0 Å². The van der Waals surface area contributed by atoms with Crippen molar-refractivity contribution >= 4 is 29.2 Å². The van der Waals surface area contributed by atoms with Crippen LogP contribution in [0.25, 0.3) is 0 Å². The van der Waals surface area contributed by atoms with E-state index in [1.807, 2.05) is 12.2 Å². The van der Waals surface area contributed by atoms with E-state index in [9.17, 15) is 15.2 Å². The molecule has 0 radical (unpaired) electrons. The second-order valence-corrected chi connectivity index (χ2v) is 11.7. The Bertz CT molecular complexity index is 1070. The van der Waals surface area contributed by atoms with Gasteiger partial charge in [-0.3, -0.25) is 0 Å². The van der Waals surface area contributed by atoms with E-state index in [1.165, 1.54) is 6.07 Å². The number of allylic oxidation sites excluding steroid dienone is 3. The number of aliphatic hydroxyl groups is 2. The molecule has 3 rings (SSSR count). The minimum Gasteiger partial charge on any atom is -0.394 e. The summed E-state index contributed by atoms with van der Waals surface area (Å²) < 4.78 is 15.6. The van der Waals surface area contributed by atoms with Crippen LogP contribution in [0.5, 0.6) is 0 Å². The first-order chi connectivity index (χ1) is 16.9. The van der Waals surface area contributed by atoms with Gasteiger partial charge in [0.05, 0.1) is 24.8 Å². The van der Waals surface area contributed by atoms with Crippen molar-refractivity contribution in [2.24, 2.45) is 17.3 Å². The molecule has 36 heavy (non-hydrogen) atoms. The van der Waals surface area contributed by atoms with Crippen LogP contribution < -0.4 is 5.32 Å². The van der Waals surface area contributed by atoms with Gasteiger partial charge in [0.25, 0.3) is 0 Å². The Morgan fingerprint density at radius 1 is 1.39 bits per heavy atom. The van der Waals surface area contributed by atoms with Gasteiger partial charge in [-0.25, -0.2) is 9.18 Å².